The summed E-state index contributed by atoms with van der Waals surface area (Å²) in [5.41, 5.74) is 0. The zero-order valence-corrected chi connectivity index (χ0v) is 4.58. The molecule has 40 valence electrons. The van der Waals surface area contributed by atoms with Crippen LogP contribution in [-0.4, -0.2) is 11.0 Å². The predicted molar refractivity (Wildman–Crippen MR) is 22.0 cm³/mol. The molecule has 0 bridgehead atoms. The van der Waals surface area contributed by atoms with Crippen LogP contribution in [0.4, 0.5) is 8.78 Å². The zero-order chi connectivity index (χ0) is 5.91. The summed E-state index contributed by atoms with van der Waals surface area (Å²) in [5, 5.41) is 0. The maximum Gasteiger partial charge on any atom is 0.409 e. The normalized spacial score (nSPS) is 10.1. The van der Waals surface area contributed by atoms with Gasteiger partial charge in [0, 0.05) is 15.9 Å². The Bertz CT molecular complexity index is 103. The van der Waals surface area contributed by atoms with Crippen molar-refractivity contribution >= 4 is 22.0 Å². The monoisotopic (exact) mass is 171 g/mol. The molecule has 0 aliphatic heterocycles. The van der Waals surface area contributed by atoms with E-state index in [-0.39, 0.29) is 0 Å². The summed E-state index contributed by atoms with van der Waals surface area (Å²) in [6.45, 7) is 0. The summed E-state index contributed by atoms with van der Waals surface area (Å²) in [6.07, 6.45) is 0.686. The van der Waals surface area contributed by atoms with Gasteiger partial charge in [0.25, 0.3) is 0 Å². The van der Waals surface area contributed by atoms with E-state index in [1.807, 2.05) is 4.99 Å². The standard InChI is InChI=1S/C2BrF2NO/c3-2(4,5)6-1-7. The van der Waals surface area contributed by atoms with Gasteiger partial charge in [0.15, 0.2) is 0 Å². The van der Waals surface area contributed by atoms with Crippen molar-refractivity contribution in [3.05, 3.63) is 0 Å². The lowest BCUT2D eigenvalue weighted by molar-refractivity contribution is 0.126. The first-order chi connectivity index (χ1) is 3.06. The Kier molecular flexibility index (Phi) is 2.05. The molecule has 0 amide bonds. The molecule has 0 aromatic rings. The third-order valence-corrected chi connectivity index (χ3v) is 0.350. The Morgan fingerprint density at radius 2 is 2.14 bits per heavy atom. The Morgan fingerprint density at radius 1 is 1.71 bits per heavy atom. The minimum absolute atomic E-state index is 0.686. The molecule has 0 fully saturated rings. The van der Waals surface area contributed by atoms with E-state index in [4.69, 9.17) is 4.79 Å². The third kappa shape index (κ3) is 5.72. The first kappa shape index (κ1) is 6.72. The van der Waals surface area contributed by atoms with Crippen molar-refractivity contribution in [3.8, 4) is 0 Å². The molecule has 0 heterocycles. The molecule has 0 N–H and O–H groups in total. The minimum atomic E-state index is -3.44. The van der Waals surface area contributed by atoms with Crippen molar-refractivity contribution in [2.45, 2.75) is 4.96 Å². The van der Waals surface area contributed by atoms with E-state index in [0.29, 0.717) is 6.08 Å². The molecular formula is C2BrF2NO. The number of isocyanates is 1. The SMILES string of the molecule is O=C=NC(F)(F)Br. The Hall–Kier alpha value is -0.280. The molecule has 0 radical (unpaired) electrons. The topological polar surface area (TPSA) is 29.4 Å². The van der Waals surface area contributed by atoms with Gasteiger partial charge in [-0.05, 0) is 0 Å². The smallest absolute Gasteiger partial charge is 0.211 e. The van der Waals surface area contributed by atoms with Gasteiger partial charge in [-0.15, -0.1) is 4.99 Å². The summed E-state index contributed by atoms with van der Waals surface area (Å²) >= 11 is 1.78. The number of halogens is 3. The number of hydrogen-bond donors (Lipinski definition) is 0. The minimum Gasteiger partial charge on any atom is -0.211 e. The Morgan fingerprint density at radius 3 is 2.14 bits per heavy atom. The lowest BCUT2D eigenvalue weighted by atomic mass is 11.2. The highest BCUT2D eigenvalue weighted by atomic mass is 79.9. The second kappa shape index (κ2) is 2.14. The number of hydrogen-bond acceptors (Lipinski definition) is 2. The van der Waals surface area contributed by atoms with Gasteiger partial charge in [-0.1, -0.05) is 0 Å². The second-order valence-corrected chi connectivity index (χ2v) is 1.63. The number of aliphatic imine (C=N–C) groups is 1. The molecule has 0 aliphatic carbocycles. The lowest BCUT2D eigenvalue weighted by Crippen LogP contribution is -1.96. The van der Waals surface area contributed by atoms with Crippen molar-refractivity contribution in [1.82, 2.24) is 0 Å². The van der Waals surface area contributed by atoms with Gasteiger partial charge in [-0.25, -0.2) is 4.79 Å². The first-order valence-corrected chi connectivity index (χ1v) is 2.01. The molecule has 5 heteroatoms. The third-order valence-electron chi connectivity index (χ3n) is 0.172. The van der Waals surface area contributed by atoms with Crippen LogP contribution in [0.5, 0.6) is 0 Å². The van der Waals surface area contributed by atoms with Crippen LogP contribution in [0.25, 0.3) is 0 Å². The van der Waals surface area contributed by atoms with E-state index in [2.05, 4.69) is 0 Å². The van der Waals surface area contributed by atoms with Crippen LogP contribution in [0.1, 0.15) is 0 Å². The summed E-state index contributed by atoms with van der Waals surface area (Å²) in [6, 6.07) is 0. The summed E-state index contributed by atoms with van der Waals surface area (Å²) in [7, 11) is 0. The van der Waals surface area contributed by atoms with Gasteiger partial charge in [-0.3, -0.25) is 0 Å². The highest BCUT2D eigenvalue weighted by Crippen LogP contribution is 2.21. The van der Waals surface area contributed by atoms with Crippen LogP contribution in [-0.2, 0) is 4.79 Å². The molecule has 2 nitrogen and oxygen atoms in total. The van der Waals surface area contributed by atoms with Crippen LogP contribution in [0.15, 0.2) is 4.99 Å². The number of rotatable bonds is 1. The fourth-order valence-electron chi connectivity index (χ4n) is 0.0518. The molecule has 0 aromatic carbocycles. The van der Waals surface area contributed by atoms with E-state index in [1.54, 1.807) is 15.9 Å². The van der Waals surface area contributed by atoms with Crippen LogP contribution in [0, 0.1) is 0 Å². The molecule has 0 aliphatic rings. The molecule has 7 heavy (non-hydrogen) atoms. The molecule has 0 atom stereocenters. The maximum absolute atomic E-state index is 11.2. The molecule has 0 saturated carbocycles. The molecule has 0 unspecified atom stereocenters. The fourth-order valence-corrected chi connectivity index (χ4v) is 0.124. The fraction of sp³-hybridized carbons (Fsp3) is 0.500. The molecule has 0 spiro atoms. The summed E-state index contributed by atoms with van der Waals surface area (Å²) < 4.78 is 22.4. The highest BCUT2D eigenvalue weighted by Gasteiger charge is 2.20. The van der Waals surface area contributed by atoms with Crippen molar-refractivity contribution in [2.75, 3.05) is 0 Å². The van der Waals surface area contributed by atoms with Crippen molar-refractivity contribution in [3.63, 3.8) is 0 Å². The zero-order valence-electron chi connectivity index (χ0n) is 2.99. The van der Waals surface area contributed by atoms with Crippen LogP contribution < -0.4 is 0 Å². The highest BCUT2D eigenvalue weighted by molar-refractivity contribution is 9.09. The van der Waals surface area contributed by atoms with E-state index in [9.17, 15) is 8.78 Å². The summed E-state index contributed by atoms with van der Waals surface area (Å²) in [5.74, 6) is 0. The quantitative estimate of drug-likeness (QED) is 0.253. The van der Waals surface area contributed by atoms with Crippen LogP contribution in [0.3, 0.4) is 0 Å². The van der Waals surface area contributed by atoms with Crippen molar-refractivity contribution in [2.24, 2.45) is 4.99 Å². The number of nitrogens with zero attached hydrogens (tertiary/aromatic N) is 1. The molecule has 0 rings (SSSR count). The summed E-state index contributed by atoms with van der Waals surface area (Å²) in [4.78, 5) is 7.62. The van der Waals surface area contributed by atoms with Gasteiger partial charge >= 0.3 is 4.96 Å². The first-order valence-electron chi connectivity index (χ1n) is 1.22. The average molecular weight is 172 g/mol. The Balaban J connectivity index is 3.80. The molecular weight excluding hydrogens is 172 g/mol. The van der Waals surface area contributed by atoms with Crippen LogP contribution in [0.2, 0.25) is 0 Å². The van der Waals surface area contributed by atoms with Gasteiger partial charge in [0.2, 0.25) is 6.08 Å². The Labute approximate surface area is 46.4 Å². The van der Waals surface area contributed by atoms with Gasteiger partial charge in [-0.2, -0.15) is 8.78 Å². The van der Waals surface area contributed by atoms with E-state index in [0.717, 1.165) is 0 Å². The van der Waals surface area contributed by atoms with Gasteiger partial charge in [0.1, 0.15) is 0 Å². The predicted octanol–water partition coefficient (Wildman–Crippen LogP) is 1.27. The molecule has 0 saturated heterocycles. The van der Waals surface area contributed by atoms with Gasteiger partial charge in [0.05, 0.1) is 0 Å². The largest absolute Gasteiger partial charge is 0.409 e. The number of alkyl halides is 3. The van der Waals surface area contributed by atoms with Crippen LogP contribution >= 0.6 is 15.9 Å². The van der Waals surface area contributed by atoms with E-state index < -0.39 is 4.96 Å². The van der Waals surface area contributed by atoms with E-state index in [1.165, 1.54) is 0 Å². The van der Waals surface area contributed by atoms with Crippen molar-refractivity contribution < 1.29 is 13.6 Å². The van der Waals surface area contributed by atoms with Gasteiger partial charge < -0.3 is 0 Å². The second-order valence-electron chi connectivity index (χ2n) is 0.671. The number of carbonyl (C=O) groups excluding carboxylic acids is 1. The maximum atomic E-state index is 11.2. The molecule has 0 aromatic heterocycles. The van der Waals surface area contributed by atoms with E-state index >= 15 is 0 Å². The lowest BCUT2D eigenvalue weighted by Gasteiger charge is -1.91. The average Bonchev–Trinajstić information content (AvgIpc) is 1.30. The van der Waals surface area contributed by atoms with Crippen molar-refractivity contribution in [1.29, 1.82) is 0 Å².